The molecule has 0 aliphatic carbocycles. The predicted octanol–water partition coefficient (Wildman–Crippen LogP) is 1.54. The van der Waals surface area contributed by atoms with Crippen molar-refractivity contribution in [2.24, 2.45) is 0 Å². The second kappa shape index (κ2) is 6.53. The molecule has 3 atom stereocenters. The van der Waals surface area contributed by atoms with E-state index in [-0.39, 0.29) is 12.0 Å². The van der Waals surface area contributed by atoms with Crippen LogP contribution >= 0.6 is 0 Å². The van der Waals surface area contributed by atoms with Crippen LogP contribution in [0.3, 0.4) is 0 Å². The van der Waals surface area contributed by atoms with Gasteiger partial charge in [0.25, 0.3) is 0 Å². The minimum absolute atomic E-state index is 0.0672. The zero-order chi connectivity index (χ0) is 13.0. The van der Waals surface area contributed by atoms with Crippen LogP contribution in [0, 0.1) is 0 Å². The number of esters is 1. The molecule has 0 saturated carbocycles. The lowest BCUT2D eigenvalue weighted by molar-refractivity contribution is -0.150. The summed E-state index contributed by atoms with van der Waals surface area (Å²) in [6.07, 6.45) is 6.21. The number of carbonyl (C=O) groups is 1. The van der Waals surface area contributed by atoms with Gasteiger partial charge < -0.3 is 10.1 Å². The van der Waals surface area contributed by atoms with Crippen molar-refractivity contribution in [3.8, 4) is 0 Å². The predicted molar refractivity (Wildman–Crippen MR) is 71.5 cm³/mol. The van der Waals surface area contributed by atoms with Crippen molar-refractivity contribution in [2.45, 2.75) is 64.1 Å². The monoisotopic (exact) mass is 254 g/mol. The standard InChI is InChI=1S/C14H26N2O2/c1-3-18-14(17)11(2)16-10-5-4-8-13(16)12-7-6-9-15-12/h11-13,15H,3-10H2,1-2H3. The van der Waals surface area contributed by atoms with Crippen LogP contribution in [0.15, 0.2) is 0 Å². The summed E-state index contributed by atoms with van der Waals surface area (Å²) in [5, 5.41) is 3.59. The fourth-order valence-electron chi connectivity index (χ4n) is 3.33. The number of piperidine rings is 1. The third-order valence-electron chi connectivity index (χ3n) is 4.28. The summed E-state index contributed by atoms with van der Waals surface area (Å²) < 4.78 is 5.17. The molecule has 2 rings (SSSR count). The summed E-state index contributed by atoms with van der Waals surface area (Å²) in [4.78, 5) is 14.3. The Bertz CT molecular complexity index is 277. The molecule has 2 saturated heterocycles. The number of ether oxygens (including phenoxy) is 1. The van der Waals surface area contributed by atoms with Gasteiger partial charge in [-0.15, -0.1) is 0 Å². The highest BCUT2D eigenvalue weighted by molar-refractivity contribution is 5.75. The van der Waals surface area contributed by atoms with E-state index in [0.29, 0.717) is 18.7 Å². The van der Waals surface area contributed by atoms with E-state index in [9.17, 15) is 4.79 Å². The Morgan fingerprint density at radius 1 is 1.39 bits per heavy atom. The van der Waals surface area contributed by atoms with Gasteiger partial charge in [-0.25, -0.2) is 0 Å². The average molecular weight is 254 g/mol. The van der Waals surface area contributed by atoms with Crippen molar-refractivity contribution in [2.75, 3.05) is 19.7 Å². The molecule has 0 aromatic carbocycles. The van der Waals surface area contributed by atoms with Crippen LogP contribution in [-0.4, -0.2) is 48.7 Å². The minimum atomic E-state index is -0.0994. The van der Waals surface area contributed by atoms with Gasteiger partial charge in [-0.05, 0) is 52.6 Å². The molecule has 1 N–H and O–H groups in total. The van der Waals surface area contributed by atoms with Crippen LogP contribution < -0.4 is 5.32 Å². The van der Waals surface area contributed by atoms with Crippen LogP contribution in [0.4, 0.5) is 0 Å². The molecule has 0 amide bonds. The molecule has 3 unspecified atom stereocenters. The minimum Gasteiger partial charge on any atom is -0.465 e. The van der Waals surface area contributed by atoms with Crippen molar-refractivity contribution in [1.29, 1.82) is 0 Å². The van der Waals surface area contributed by atoms with Crippen LogP contribution in [0.5, 0.6) is 0 Å². The van der Waals surface area contributed by atoms with Crippen LogP contribution in [-0.2, 0) is 9.53 Å². The quantitative estimate of drug-likeness (QED) is 0.773. The summed E-state index contributed by atoms with van der Waals surface area (Å²) >= 11 is 0. The number of nitrogens with zero attached hydrogens (tertiary/aromatic N) is 1. The van der Waals surface area contributed by atoms with E-state index in [2.05, 4.69) is 10.2 Å². The number of rotatable bonds is 4. The molecule has 2 heterocycles. The zero-order valence-electron chi connectivity index (χ0n) is 11.7. The number of carbonyl (C=O) groups excluding carboxylic acids is 1. The Balaban J connectivity index is 2.00. The second-order valence-electron chi connectivity index (χ2n) is 5.43. The molecule has 0 bridgehead atoms. The molecule has 0 aromatic heterocycles. The van der Waals surface area contributed by atoms with Gasteiger partial charge in [0.1, 0.15) is 6.04 Å². The SMILES string of the molecule is CCOC(=O)C(C)N1CCCCC1C1CCCN1. The maximum absolute atomic E-state index is 11.9. The highest BCUT2D eigenvalue weighted by Gasteiger charge is 2.36. The van der Waals surface area contributed by atoms with Crippen LogP contribution in [0.25, 0.3) is 0 Å². The lowest BCUT2D eigenvalue weighted by atomic mass is 9.93. The highest BCUT2D eigenvalue weighted by atomic mass is 16.5. The number of likely N-dealkylation sites (tertiary alicyclic amines) is 1. The van der Waals surface area contributed by atoms with E-state index in [1.165, 1.54) is 32.1 Å². The molecule has 18 heavy (non-hydrogen) atoms. The summed E-state index contributed by atoms with van der Waals surface area (Å²) in [6.45, 7) is 6.50. The van der Waals surface area contributed by atoms with E-state index in [4.69, 9.17) is 4.74 Å². The smallest absolute Gasteiger partial charge is 0.323 e. The fraction of sp³-hybridized carbons (Fsp3) is 0.929. The molecule has 0 spiro atoms. The van der Waals surface area contributed by atoms with Gasteiger partial charge >= 0.3 is 5.97 Å². The average Bonchev–Trinajstić information content (AvgIpc) is 2.92. The molecule has 2 fully saturated rings. The zero-order valence-corrected chi connectivity index (χ0v) is 11.7. The van der Waals surface area contributed by atoms with Crippen molar-refractivity contribution < 1.29 is 9.53 Å². The third kappa shape index (κ3) is 3.04. The first kappa shape index (κ1) is 13.8. The molecule has 104 valence electrons. The maximum Gasteiger partial charge on any atom is 0.323 e. The lowest BCUT2D eigenvalue weighted by Crippen LogP contribution is -2.55. The Morgan fingerprint density at radius 3 is 2.89 bits per heavy atom. The second-order valence-corrected chi connectivity index (χ2v) is 5.43. The topological polar surface area (TPSA) is 41.6 Å². The number of nitrogens with one attached hydrogen (secondary N) is 1. The first-order valence-corrected chi connectivity index (χ1v) is 7.39. The Kier molecular flexibility index (Phi) is 5.01. The van der Waals surface area contributed by atoms with E-state index in [1.807, 2.05) is 13.8 Å². The third-order valence-corrected chi connectivity index (χ3v) is 4.28. The molecule has 2 aliphatic rings. The molecule has 2 aliphatic heterocycles. The summed E-state index contributed by atoms with van der Waals surface area (Å²) in [5.41, 5.74) is 0. The molecule has 4 heteroatoms. The molecule has 0 aromatic rings. The van der Waals surface area contributed by atoms with Crippen molar-refractivity contribution in [1.82, 2.24) is 10.2 Å². The summed E-state index contributed by atoms with van der Waals surface area (Å²) in [7, 11) is 0. The van der Waals surface area contributed by atoms with Crippen molar-refractivity contribution >= 4 is 5.97 Å². The van der Waals surface area contributed by atoms with E-state index < -0.39 is 0 Å². The van der Waals surface area contributed by atoms with Gasteiger partial charge in [-0.1, -0.05) is 6.42 Å². The highest BCUT2D eigenvalue weighted by Crippen LogP contribution is 2.26. The van der Waals surface area contributed by atoms with Gasteiger partial charge in [0.15, 0.2) is 0 Å². The lowest BCUT2D eigenvalue weighted by Gasteiger charge is -2.41. The van der Waals surface area contributed by atoms with Crippen LogP contribution in [0.2, 0.25) is 0 Å². The fourth-order valence-corrected chi connectivity index (χ4v) is 3.33. The largest absolute Gasteiger partial charge is 0.465 e. The normalized spacial score (nSPS) is 31.2. The number of hydrogen-bond donors (Lipinski definition) is 1. The molecular weight excluding hydrogens is 228 g/mol. The van der Waals surface area contributed by atoms with Gasteiger partial charge in [0, 0.05) is 12.1 Å². The van der Waals surface area contributed by atoms with E-state index in [0.717, 1.165) is 13.1 Å². The van der Waals surface area contributed by atoms with Crippen molar-refractivity contribution in [3.63, 3.8) is 0 Å². The Labute approximate surface area is 110 Å². The first-order chi connectivity index (χ1) is 8.74. The molecular formula is C14H26N2O2. The Morgan fingerprint density at radius 2 is 2.22 bits per heavy atom. The first-order valence-electron chi connectivity index (χ1n) is 7.39. The van der Waals surface area contributed by atoms with Crippen LogP contribution in [0.1, 0.15) is 46.0 Å². The molecule has 4 nitrogen and oxygen atoms in total. The van der Waals surface area contributed by atoms with Gasteiger partial charge in [0.2, 0.25) is 0 Å². The molecule has 0 radical (unpaired) electrons. The summed E-state index contributed by atoms with van der Waals surface area (Å²) in [6, 6.07) is 0.987. The van der Waals surface area contributed by atoms with E-state index >= 15 is 0 Å². The maximum atomic E-state index is 11.9. The van der Waals surface area contributed by atoms with Gasteiger partial charge in [-0.3, -0.25) is 9.69 Å². The van der Waals surface area contributed by atoms with Crippen molar-refractivity contribution in [3.05, 3.63) is 0 Å². The van der Waals surface area contributed by atoms with Gasteiger partial charge in [0.05, 0.1) is 6.61 Å². The summed E-state index contributed by atoms with van der Waals surface area (Å²) in [5.74, 6) is -0.0672. The van der Waals surface area contributed by atoms with Gasteiger partial charge in [-0.2, -0.15) is 0 Å². The number of hydrogen-bond acceptors (Lipinski definition) is 4. The van der Waals surface area contributed by atoms with E-state index in [1.54, 1.807) is 0 Å². The Hall–Kier alpha value is -0.610.